The van der Waals surface area contributed by atoms with Crippen molar-refractivity contribution in [1.82, 2.24) is 14.7 Å². The van der Waals surface area contributed by atoms with Gasteiger partial charge in [0.1, 0.15) is 0 Å². The van der Waals surface area contributed by atoms with Crippen LogP contribution in [0.15, 0.2) is 32.7 Å². The van der Waals surface area contributed by atoms with E-state index in [0.717, 1.165) is 12.8 Å². The van der Waals surface area contributed by atoms with Crippen LogP contribution in [-0.2, 0) is 10.0 Å². The van der Waals surface area contributed by atoms with Crippen LogP contribution < -0.4 is 21.7 Å². The second-order valence-electron chi connectivity index (χ2n) is 5.42. The van der Waals surface area contributed by atoms with Crippen molar-refractivity contribution in [2.45, 2.75) is 23.8 Å². The van der Waals surface area contributed by atoms with Gasteiger partial charge in [-0.25, -0.2) is 17.9 Å². The average molecular weight is 361 g/mol. The first-order chi connectivity index (χ1) is 10.4. The van der Waals surface area contributed by atoms with Crippen LogP contribution in [0, 0.1) is 5.92 Å². The molecule has 0 spiro atoms. The molecule has 5 N–H and O–H groups in total. The molecule has 0 saturated heterocycles. The Balaban J connectivity index is 0.00000192. The van der Waals surface area contributed by atoms with E-state index in [1.54, 1.807) is 0 Å². The summed E-state index contributed by atoms with van der Waals surface area (Å²) in [6.45, 7) is 0.228. The molecule has 1 atom stereocenters. The lowest BCUT2D eigenvalue weighted by atomic mass is 10.2. The van der Waals surface area contributed by atoms with Gasteiger partial charge in [0.2, 0.25) is 10.0 Å². The number of H-pyrrole nitrogens is 2. The fourth-order valence-electron chi connectivity index (χ4n) is 2.41. The number of halogens is 1. The maximum atomic E-state index is 12.4. The van der Waals surface area contributed by atoms with Crippen LogP contribution in [0.5, 0.6) is 0 Å². The molecule has 10 heteroatoms. The van der Waals surface area contributed by atoms with E-state index >= 15 is 0 Å². The summed E-state index contributed by atoms with van der Waals surface area (Å²) in [6, 6.07) is 3.69. The van der Waals surface area contributed by atoms with Crippen LogP contribution in [0.1, 0.15) is 12.8 Å². The number of hydrogen-bond donors (Lipinski definition) is 4. The van der Waals surface area contributed by atoms with Gasteiger partial charge in [0.25, 0.3) is 5.56 Å². The third kappa shape index (κ3) is 3.63. The summed E-state index contributed by atoms with van der Waals surface area (Å²) in [4.78, 5) is 27.4. The Hall–Kier alpha value is -1.68. The van der Waals surface area contributed by atoms with Crippen LogP contribution in [-0.4, -0.2) is 31.0 Å². The van der Waals surface area contributed by atoms with Gasteiger partial charge < -0.3 is 10.7 Å². The van der Waals surface area contributed by atoms with Gasteiger partial charge in [-0.05, 0) is 37.0 Å². The monoisotopic (exact) mass is 360 g/mol. The molecular formula is C13H17ClN4O4S. The van der Waals surface area contributed by atoms with Crippen LogP contribution in [0.3, 0.4) is 0 Å². The first kappa shape index (κ1) is 17.7. The van der Waals surface area contributed by atoms with E-state index < -0.39 is 21.3 Å². The Morgan fingerprint density at radius 1 is 1.26 bits per heavy atom. The molecule has 2 aromatic rings. The van der Waals surface area contributed by atoms with E-state index in [1.807, 2.05) is 0 Å². The van der Waals surface area contributed by atoms with Crippen molar-refractivity contribution < 1.29 is 8.42 Å². The normalized spacial score (nSPS) is 16.0. The van der Waals surface area contributed by atoms with Gasteiger partial charge in [-0.2, -0.15) is 0 Å². The molecular weight excluding hydrogens is 344 g/mol. The molecule has 0 radical (unpaired) electrons. The summed E-state index contributed by atoms with van der Waals surface area (Å²) in [6.07, 6.45) is 1.92. The molecule has 0 aliphatic heterocycles. The summed E-state index contributed by atoms with van der Waals surface area (Å²) >= 11 is 0. The summed E-state index contributed by atoms with van der Waals surface area (Å²) in [5.74, 6) is 0.278. The topological polar surface area (TPSA) is 138 Å². The molecule has 0 bridgehead atoms. The van der Waals surface area contributed by atoms with E-state index in [1.165, 1.54) is 18.2 Å². The van der Waals surface area contributed by atoms with Gasteiger partial charge in [0.15, 0.2) is 0 Å². The predicted molar refractivity (Wildman–Crippen MR) is 88.3 cm³/mol. The highest BCUT2D eigenvalue weighted by Crippen LogP contribution is 2.32. The number of aromatic amines is 2. The molecule has 126 valence electrons. The van der Waals surface area contributed by atoms with Crippen molar-refractivity contribution in [1.29, 1.82) is 0 Å². The molecule has 8 nitrogen and oxygen atoms in total. The Bertz CT molecular complexity index is 933. The van der Waals surface area contributed by atoms with Crippen molar-refractivity contribution in [3.63, 3.8) is 0 Å². The highest BCUT2D eigenvalue weighted by Gasteiger charge is 2.33. The van der Waals surface area contributed by atoms with E-state index in [4.69, 9.17) is 5.73 Å². The first-order valence-electron chi connectivity index (χ1n) is 6.89. The Morgan fingerprint density at radius 2 is 1.96 bits per heavy atom. The summed E-state index contributed by atoms with van der Waals surface area (Å²) in [7, 11) is -3.77. The third-order valence-electron chi connectivity index (χ3n) is 3.77. The summed E-state index contributed by atoms with van der Waals surface area (Å²) < 4.78 is 27.4. The van der Waals surface area contributed by atoms with E-state index in [-0.39, 0.29) is 46.7 Å². The highest BCUT2D eigenvalue weighted by molar-refractivity contribution is 7.89. The lowest BCUT2D eigenvalue weighted by Gasteiger charge is -2.16. The van der Waals surface area contributed by atoms with E-state index in [9.17, 15) is 18.0 Å². The molecule has 1 aromatic carbocycles. The fraction of sp³-hybridized carbons (Fsp3) is 0.385. The number of nitrogens with one attached hydrogen (secondary N) is 3. The zero-order valence-corrected chi connectivity index (χ0v) is 13.7. The van der Waals surface area contributed by atoms with Crippen molar-refractivity contribution in [3.05, 3.63) is 39.0 Å². The molecule has 23 heavy (non-hydrogen) atoms. The number of rotatable bonds is 5. The zero-order chi connectivity index (χ0) is 15.9. The van der Waals surface area contributed by atoms with Gasteiger partial charge >= 0.3 is 5.69 Å². The Kier molecular flexibility index (Phi) is 4.95. The lowest BCUT2D eigenvalue weighted by molar-refractivity contribution is 0.519. The summed E-state index contributed by atoms with van der Waals surface area (Å²) in [5.41, 5.74) is 4.62. The van der Waals surface area contributed by atoms with E-state index in [2.05, 4.69) is 14.7 Å². The molecule has 0 amide bonds. The number of benzene rings is 1. The van der Waals surface area contributed by atoms with E-state index in [0.29, 0.717) is 0 Å². The SMILES string of the molecule is Cl.NCC(NS(=O)(=O)c1ccc2[nH]c(=O)[nH]c(=O)c2c1)C1CC1. The minimum Gasteiger partial charge on any atom is -0.329 e. The molecule has 1 aromatic heterocycles. The quantitative estimate of drug-likeness (QED) is 0.577. The molecule has 1 aliphatic carbocycles. The number of nitrogens with two attached hydrogens (primary N) is 1. The molecule has 1 aliphatic rings. The standard InChI is InChI=1S/C13H16N4O4S.ClH/c14-6-11(7-1-2-7)17-22(20,21)8-3-4-10-9(5-8)12(18)16-13(19)15-10;/h3-5,7,11,17H,1-2,6,14H2,(H2,15,16,18,19);1H. The molecule has 1 heterocycles. The Labute approximate surface area is 137 Å². The zero-order valence-electron chi connectivity index (χ0n) is 12.0. The van der Waals surface area contributed by atoms with Crippen LogP contribution in [0.4, 0.5) is 0 Å². The second kappa shape index (κ2) is 6.44. The fourth-order valence-corrected chi connectivity index (χ4v) is 3.76. The summed E-state index contributed by atoms with van der Waals surface area (Å²) in [5, 5.41) is 0.109. The maximum Gasteiger partial charge on any atom is 0.326 e. The van der Waals surface area contributed by atoms with Crippen molar-refractivity contribution in [3.8, 4) is 0 Å². The first-order valence-corrected chi connectivity index (χ1v) is 8.38. The van der Waals surface area contributed by atoms with Crippen molar-refractivity contribution in [2.24, 2.45) is 11.7 Å². The second-order valence-corrected chi connectivity index (χ2v) is 7.13. The lowest BCUT2D eigenvalue weighted by Crippen LogP contribution is -2.41. The van der Waals surface area contributed by atoms with Crippen molar-refractivity contribution >= 4 is 33.3 Å². The van der Waals surface area contributed by atoms with Crippen molar-refractivity contribution in [2.75, 3.05) is 6.54 Å². The van der Waals surface area contributed by atoms with Crippen LogP contribution in [0.25, 0.3) is 10.9 Å². The largest absolute Gasteiger partial charge is 0.329 e. The Morgan fingerprint density at radius 3 is 2.57 bits per heavy atom. The van der Waals surface area contributed by atoms with Crippen LogP contribution in [0.2, 0.25) is 0 Å². The maximum absolute atomic E-state index is 12.4. The third-order valence-corrected chi connectivity index (χ3v) is 5.26. The number of aromatic nitrogens is 2. The van der Waals surface area contributed by atoms with Gasteiger partial charge in [-0.15, -0.1) is 12.4 Å². The van der Waals surface area contributed by atoms with Gasteiger partial charge in [0.05, 0.1) is 15.8 Å². The van der Waals surface area contributed by atoms with Gasteiger partial charge in [0, 0.05) is 12.6 Å². The minimum atomic E-state index is -3.77. The number of sulfonamides is 1. The van der Waals surface area contributed by atoms with Gasteiger partial charge in [-0.1, -0.05) is 0 Å². The minimum absolute atomic E-state index is 0. The predicted octanol–water partition coefficient (Wildman–Crippen LogP) is -0.346. The smallest absolute Gasteiger partial charge is 0.326 e. The average Bonchev–Trinajstić information content (AvgIpc) is 3.28. The molecule has 1 fully saturated rings. The molecule has 1 unspecified atom stereocenters. The van der Waals surface area contributed by atoms with Crippen LogP contribution >= 0.6 is 12.4 Å². The molecule has 1 saturated carbocycles. The number of hydrogen-bond acceptors (Lipinski definition) is 5. The molecule has 3 rings (SSSR count). The number of fused-ring (bicyclic) bond motifs is 1. The van der Waals surface area contributed by atoms with Gasteiger partial charge in [-0.3, -0.25) is 9.78 Å². The highest BCUT2D eigenvalue weighted by atomic mass is 35.5.